The number of aromatic nitrogens is 4. The molecule has 0 aromatic carbocycles. The third kappa shape index (κ3) is 3.95. The van der Waals surface area contributed by atoms with Crippen molar-refractivity contribution >= 4 is 24.8 Å². The van der Waals surface area contributed by atoms with Gasteiger partial charge in [-0.3, -0.25) is 9.13 Å². The molecule has 2 aromatic rings. The maximum atomic E-state index is 11.4. The Labute approximate surface area is 162 Å². The molecule has 1 aliphatic heterocycles. The second kappa shape index (κ2) is 7.40. The summed E-state index contributed by atoms with van der Waals surface area (Å²) in [4.78, 5) is 27.0. The van der Waals surface area contributed by atoms with Crippen molar-refractivity contribution in [3.05, 3.63) is 17.9 Å². The average molecular weight is 385 g/mol. The zero-order valence-corrected chi connectivity index (χ0v) is 15.8. The Morgan fingerprint density at radius 3 is 2.76 bits per heavy atom. The molecule has 132 valence electrons. The standard InChI is InChI=1S/C10H14N5O8P.Na/c11-8-5-9(13-3-15(8)18)14(2-12-5)10-7(17)6(16)4(23-10)1-22-24(19,20)21;/h2-4,6-7,10,16-17H,1,11H2,(H2,19,20,21);/q;+1/p-1/t4-,6-,7-,10-;/m1./s1. The molecule has 2 aromatic heterocycles. The smallest absolute Gasteiger partial charge is 0.756 e. The number of nitrogens with two attached hydrogens (primary N) is 1. The van der Waals surface area contributed by atoms with Crippen molar-refractivity contribution in [3.63, 3.8) is 0 Å². The van der Waals surface area contributed by atoms with Crippen molar-refractivity contribution in [3.8, 4) is 0 Å². The molecule has 5 N–H and O–H groups in total. The van der Waals surface area contributed by atoms with E-state index in [9.17, 15) is 24.9 Å². The molecule has 0 bridgehead atoms. The summed E-state index contributed by atoms with van der Waals surface area (Å²) in [5.41, 5.74) is 5.77. The summed E-state index contributed by atoms with van der Waals surface area (Å²) in [6.07, 6.45) is -3.29. The Morgan fingerprint density at radius 1 is 1.44 bits per heavy atom. The van der Waals surface area contributed by atoms with Crippen molar-refractivity contribution in [2.75, 3.05) is 12.3 Å². The van der Waals surface area contributed by atoms with E-state index in [1.807, 2.05) is 0 Å². The number of ether oxygens (including phenoxy) is 1. The fourth-order valence-electron chi connectivity index (χ4n) is 2.39. The Balaban J connectivity index is 0.00000225. The fourth-order valence-corrected chi connectivity index (χ4v) is 2.72. The zero-order valence-electron chi connectivity index (χ0n) is 12.9. The van der Waals surface area contributed by atoms with Crippen LogP contribution in [0.3, 0.4) is 0 Å². The SMILES string of the molecule is Nc1c2ncn([C@@H]3O[C@H](COP(=O)([O-])O)[C@@H](O)[C@H]3O)c2nc[n+]1[O-].[Na+]. The molecule has 15 heteroatoms. The number of hydrogen-bond donors (Lipinski definition) is 4. The van der Waals surface area contributed by atoms with Crippen LogP contribution in [0.25, 0.3) is 11.2 Å². The van der Waals surface area contributed by atoms with Crippen LogP contribution >= 0.6 is 7.82 Å². The molecule has 0 amide bonds. The van der Waals surface area contributed by atoms with Crippen molar-refractivity contribution in [1.82, 2.24) is 14.5 Å². The fraction of sp³-hybridized carbons (Fsp3) is 0.500. The molecule has 1 fully saturated rings. The molecule has 13 nitrogen and oxygen atoms in total. The van der Waals surface area contributed by atoms with Crippen LogP contribution in [0.2, 0.25) is 0 Å². The molecular weight excluding hydrogens is 372 g/mol. The van der Waals surface area contributed by atoms with Crippen LogP contribution in [0.15, 0.2) is 12.7 Å². The van der Waals surface area contributed by atoms with Crippen LogP contribution in [0.4, 0.5) is 5.82 Å². The van der Waals surface area contributed by atoms with E-state index in [1.165, 1.54) is 10.9 Å². The minimum Gasteiger partial charge on any atom is -0.756 e. The number of nitrogens with zero attached hydrogens (tertiary/aromatic N) is 4. The molecule has 0 spiro atoms. The predicted octanol–water partition coefficient (Wildman–Crippen LogP) is -6.25. The summed E-state index contributed by atoms with van der Waals surface area (Å²) in [5, 5.41) is 31.4. The number of aliphatic hydroxyl groups is 2. The molecular formula is C10H13N5NaO8P. The maximum Gasteiger partial charge on any atom is 1.00 e. The van der Waals surface area contributed by atoms with E-state index in [0.29, 0.717) is 4.73 Å². The molecule has 3 rings (SSSR count). The summed E-state index contributed by atoms with van der Waals surface area (Å²) in [7, 11) is -5.00. The van der Waals surface area contributed by atoms with Gasteiger partial charge in [0.05, 0.1) is 6.61 Å². The van der Waals surface area contributed by atoms with Gasteiger partial charge in [0.15, 0.2) is 11.7 Å². The van der Waals surface area contributed by atoms with Crippen molar-refractivity contribution in [2.45, 2.75) is 24.5 Å². The monoisotopic (exact) mass is 385 g/mol. The van der Waals surface area contributed by atoms with Crippen LogP contribution < -0.4 is 44.9 Å². The predicted molar refractivity (Wildman–Crippen MR) is 72.6 cm³/mol. The van der Waals surface area contributed by atoms with Gasteiger partial charge in [-0.2, -0.15) is 0 Å². The van der Waals surface area contributed by atoms with E-state index in [1.54, 1.807) is 0 Å². The third-order valence-corrected chi connectivity index (χ3v) is 4.02. The van der Waals surface area contributed by atoms with Gasteiger partial charge in [0.25, 0.3) is 13.6 Å². The van der Waals surface area contributed by atoms with E-state index in [0.717, 1.165) is 6.33 Å². The minimum absolute atomic E-state index is 0. The first-order chi connectivity index (χ1) is 11.2. The summed E-state index contributed by atoms with van der Waals surface area (Å²) in [6.45, 7) is -0.700. The zero-order chi connectivity index (χ0) is 17.6. The summed E-state index contributed by atoms with van der Waals surface area (Å²) in [6, 6.07) is 0. The van der Waals surface area contributed by atoms with Gasteiger partial charge < -0.3 is 40.2 Å². The van der Waals surface area contributed by atoms with E-state index in [-0.39, 0.29) is 46.5 Å². The number of aliphatic hydroxyl groups excluding tert-OH is 2. The van der Waals surface area contributed by atoms with Gasteiger partial charge in [-0.1, -0.05) is 4.98 Å². The summed E-state index contributed by atoms with van der Waals surface area (Å²) < 4.78 is 21.7. The van der Waals surface area contributed by atoms with Crippen LogP contribution in [0, 0.1) is 5.21 Å². The van der Waals surface area contributed by atoms with E-state index >= 15 is 0 Å². The molecule has 1 unspecified atom stereocenters. The number of imidazole rings is 1. The number of phosphoric ester groups is 1. The van der Waals surface area contributed by atoms with Crippen LogP contribution in [0.1, 0.15) is 6.23 Å². The Hall–Kier alpha value is -0.860. The Bertz CT molecular complexity index is 814. The Kier molecular flexibility index (Phi) is 6.06. The van der Waals surface area contributed by atoms with Gasteiger partial charge in [-0.15, -0.1) is 0 Å². The van der Waals surface area contributed by atoms with Gasteiger partial charge in [0.1, 0.15) is 24.6 Å². The first-order valence-corrected chi connectivity index (χ1v) is 8.08. The van der Waals surface area contributed by atoms with Crippen LogP contribution in [-0.2, 0) is 13.8 Å². The molecule has 0 aliphatic carbocycles. The van der Waals surface area contributed by atoms with Gasteiger partial charge in [0, 0.05) is 0 Å². The van der Waals surface area contributed by atoms with E-state index in [2.05, 4.69) is 14.5 Å². The first kappa shape index (κ1) is 20.5. The number of rotatable bonds is 4. The first-order valence-electron chi connectivity index (χ1n) is 6.59. The quantitative estimate of drug-likeness (QED) is 0.169. The third-order valence-electron chi connectivity index (χ3n) is 3.55. The molecule has 25 heavy (non-hydrogen) atoms. The normalized spacial score (nSPS) is 28.6. The number of anilines is 1. The molecule has 5 atom stereocenters. The molecule has 1 saturated heterocycles. The topological polar surface area (TPSA) is 203 Å². The van der Waals surface area contributed by atoms with E-state index < -0.39 is 39.0 Å². The number of phosphoric acid groups is 1. The van der Waals surface area contributed by atoms with Crippen LogP contribution in [0.5, 0.6) is 0 Å². The average Bonchev–Trinajstić information content (AvgIpc) is 3.04. The van der Waals surface area contributed by atoms with Gasteiger partial charge in [0.2, 0.25) is 12.0 Å². The number of nitrogen functional groups attached to an aromatic ring is 1. The van der Waals surface area contributed by atoms with Gasteiger partial charge in [-0.25, -0.2) is 9.71 Å². The molecule has 0 saturated carbocycles. The molecule has 0 radical (unpaired) electrons. The number of hydrogen-bond acceptors (Lipinski definition) is 10. The molecule has 3 heterocycles. The number of fused-ring (bicyclic) bond motifs is 1. The minimum atomic E-state index is -5.00. The van der Waals surface area contributed by atoms with Crippen molar-refractivity contribution < 1.29 is 68.1 Å². The second-order valence-corrected chi connectivity index (χ2v) is 6.29. The van der Waals surface area contributed by atoms with Crippen LogP contribution in [-0.4, -0.2) is 54.6 Å². The van der Waals surface area contributed by atoms with Gasteiger partial charge in [-0.05, 0) is 0 Å². The maximum absolute atomic E-state index is 11.4. The summed E-state index contributed by atoms with van der Waals surface area (Å²) in [5.74, 6) is -0.209. The molecule has 1 aliphatic rings. The second-order valence-electron chi connectivity index (χ2n) is 5.09. The Morgan fingerprint density at radius 2 is 2.12 bits per heavy atom. The summed E-state index contributed by atoms with van der Waals surface area (Å²) >= 11 is 0. The van der Waals surface area contributed by atoms with E-state index in [4.69, 9.17) is 15.4 Å². The largest absolute Gasteiger partial charge is 1.00 e. The van der Waals surface area contributed by atoms with Crippen molar-refractivity contribution in [2.24, 2.45) is 0 Å². The van der Waals surface area contributed by atoms with Crippen molar-refractivity contribution in [1.29, 1.82) is 0 Å². The van der Waals surface area contributed by atoms with Gasteiger partial charge >= 0.3 is 29.6 Å².